The van der Waals surface area contributed by atoms with Gasteiger partial charge in [-0.1, -0.05) is 18.2 Å². The molecule has 0 aromatic heterocycles. The van der Waals surface area contributed by atoms with Gasteiger partial charge in [0.05, 0.1) is 12.7 Å². The molecule has 1 aromatic carbocycles. The van der Waals surface area contributed by atoms with Crippen LogP contribution in [0.2, 0.25) is 0 Å². The Morgan fingerprint density at radius 2 is 2.00 bits per heavy atom. The average molecular weight is 191 g/mol. The lowest BCUT2D eigenvalue weighted by Crippen LogP contribution is -2.34. The van der Waals surface area contributed by atoms with E-state index in [1.165, 1.54) is 16.7 Å². The van der Waals surface area contributed by atoms with E-state index in [4.69, 9.17) is 4.74 Å². The third-order valence-corrected chi connectivity index (χ3v) is 2.79. The van der Waals surface area contributed by atoms with Crippen LogP contribution in [0.1, 0.15) is 22.8 Å². The fourth-order valence-corrected chi connectivity index (χ4v) is 2.09. The Morgan fingerprint density at radius 1 is 1.29 bits per heavy atom. The summed E-state index contributed by atoms with van der Waals surface area (Å²) in [4.78, 5) is 0. The number of nitrogens with one attached hydrogen (secondary N) is 1. The van der Waals surface area contributed by atoms with Gasteiger partial charge >= 0.3 is 0 Å². The van der Waals surface area contributed by atoms with E-state index in [0.717, 1.165) is 19.7 Å². The van der Waals surface area contributed by atoms with Crippen LogP contribution in [0.4, 0.5) is 0 Å². The van der Waals surface area contributed by atoms with Crippen molar-refractivity contribution in [1.29, 1.82) is 0 Å². The fraction of sp³-hybridized carbons (Fsp3) is 0.500. The minimum absolute atomic E-state index is 0.241. The highest BCUT2D eigenvalue weighted by atomic mass is 16.5. The van der Waals surface area contributed by atoms with Crippen LogP contribution in [0.5, 0.6) is 0 Å². The number of hydrogen-bond donors (Lipinski definition) is 1. The maximum atomic E-state index is 5.76. The fourth-order valence-electron chi connectivity index (χ4n) is 2.09. The molecule has 1 saturated heterocycles. The van der Waals surface area contributed by atoms with Crippen LogP contribution in [0, 0.1) is 13.8 Å². The molecule has 1 unspecified atom stereocenters. The van der Waals surface area contributed by atoms with E-state index in [1.54, 1.807) is 0 Å². The number of benzene rings is 1. The molecule has 0 spiro atoms. The molecule has 1 heterocycles. The molecule has 1 fully saturated rings. The summed E-state index contributed by atoms with van der Waals surface area (Å²) < 4.78 is 5.76. The summed E-state index contributed by atoms with van der Waals surface area (Å²) in [5, 5.41) is 3.36. The molecule has 0 aliphatic carbocycles. The zero-order valence-electron chi connectivity index (χ0n) is 8.84. The van der Waals surface area contributed by atoms with Gasteiger partial charge < -0.3 is 10.1 Å². The quantitative estimate of drug-likeness (QED) is 0.732. The molecule has 1 aliphatic rings. The van der Waals surface area contributed by atoms with Gasteiger partial charge in [0.2, 0.25) is 0 Å². The molecule has 0 saturated carbocycles. The van der Waals surface area contributed by atoms with E-state index in [2.05, 4.69) is 37.4 Å². The first-order valence-corrected chi connectivity index (χ1v) is 5.17. The minimum atomic E-state index is 0.241. The predicted octanol–water partition coefficient (Wildman–Crippen LogP) is 1.96. The molecule has 1 aromatic rings. The third-order valence-electron chi connectivity index (χ3n) is 2.79. The number of rotatable bonds is 1. The number of hydrogen-bond acceptors (Lipinski definition) is 2. The average Bonchev–Trinajstić information content (AvgIpc) is 2.19. The van der Waals surface area contributed by atoms with Gasteiger partial charge in [0.1, 0.15) is 0 Å². The van der Waals surface area contributed by atoms with Gasteiger partial charge in [-0.25, -0.2) is 0 Å². The molecule has 1 N–H and O–H groups in total. The molecule has 0 radical (unpaired) electrons. The van der Waals surface area contributed by atoms with Gasteiger partial charge in [-0.05, 0) is 30.5 Å². The lowest BCUT2D eigenvalue weighted by molar-refractivity contribution is 0.0269. The Bertz CT molecular complexity index is 296. The lowest BCUT2D eigenvalue weighted by Gasteiger charge is -2.26. The molecule has 76 valence electrons. The van der Waals surface area contributed by atoms with Gasteiger partial charge in [0.15, 0.2) is 0 Å². The van der Waals surface area contributed by atoms with Crippen molar-refractivity contribution in [2.45, 2.75) is 20.0 Å². The number of ether oxygens (including phenoxy) is 1. The van der Waals surface area contributed by atoms with Crippen molar-refractivity contribution in [3.63, 3.8) is 0 Å². The van der Waals surface area contributed by atoms with Gasteiger partial charge in [-0.15, -0.1) is 0 Å². The molecular weight excluding hydrogens is 174 g/mol. The van der Waals surface area contributed by atoms with Crippen molar-refractivity contribution in [1.82, 2.24) is 5.32 Å². The number of morpholine rings is 1. The summed E-state index contributed by atoms with van der Waals surface area (Å²) in [6, 6.07) is 6.41. The molecule has 0 bridgehead atoms. The summed E-state index contributed by atoms with van der Waals surface area (Å²) in [6.45, 7) is 7.03. The predicted molar refractivity (Wildman–Crippen MR) is 57.5 cm³/mol. The van der Waals surface area contributed by atoms with E-state index in [9.17, 15) is 0 Å². The monoisotopic (exact) mass is 191 g/mol. The molecule has 2 rings (SSSR count). The Morgan fingerprint density at radius 3 is 2.57 bits per heavy atom. The SMILES string of the molecule is Cc1cccc(C)c1C1CNCCO1. The van der Waals surface area contributed by atoms with Crippen LogP contribution in [0.3, 0.4) is 0 Å². The van der Waals surface area contributed by atoms with Crippen molar-refractivity contribution in [2.24, 2.45) is 0 Å². The first kappa shape index (κ1) is 9.69. The Balaban J connectivity index is 2.29. The molecule has 14 heavy (non-hydrogen) atoms. The Kier molecular flexibility index (Phi) is 2.85. The van der Waals surface area contributed by atoms with E-state index >= 15 is 0 Å². The van der Waals surface area contributed by atoms with Gasteiger partial charge in [0, 0.05) is 13.1 Å². The minimum Gasteiger partial charge on any atom is -0.371 e. The van der Waals surface area contributed by atoms with E-state index in [0.29, 0.717) is 0 Å². The maximum absolute atomic E-state index is 5.76. The van der Waals surface area contributed by atoms with E-state index < -0.39 is 0 Å². The summed E-state index contributed by atoms with van der Waals surface area (Å²) >= 11 is 0. The zero-order chi connectivity index (χ0) is 9.97. The first-order chi connectivity index (χ1) is 6.79. The zero-order valence-corrected chi connectivity index (χ0v) is 8.84. The largest absolute Gasteiger partial charge is 0.371 e. The second kappa shape index (κ2) is 4.11. The Labute approximate surface area is 85.3 Å². The summed E-state index contributed by atoms with van der Waals surface area (Å²) in [6.07, 6.45) is 0.241. The van der Waals surface area contributed by atoms with Crippen molar-refractivity contribution in [3.8, 4) is 0 Å². The van der Waals surface area contributed by atoms with E-state index in [-0.39, 0.29) is 6.10 Å². The number of aryl methyl sites for hydroxylation is 2. The van der Waals surface area contributed by atoms with Crippen molar-refractivity contribution in [2.75, 3.05) is 19.7 Å². The smallest absolute Gasteiger partial charge is 0.0954 e. The van der Waals surface area contributed by atoms with Crippen LogP contribution < -0.4 is 5.32 Å². The highest BCUT2D eigenvalue weighted by Gasteiger charge is 2.18. The molecule has 1 atom stereocenters. The second-order valence-corrected chi connectivity index (χ2v) is 3.87. The van der Waals surface area contributed by atoms with Gasteiger partial charge in [-0.2, -0.15) is 0 Å². The van der Waals surface area contributed by atoms with Crippen LogP contribution in [-0.4, -0.2) is 19.7 Å². The Hall–Kier alpha value is -0.860. The normalized spacial score (nSPS) is 22.3. The molecule has 2 nitrogen and oxygen atoms in total. The van der Waals surface area contributed by atoms with Crippen molar-refractivity contribution < 1.29 is 4.74 Å². The third kappa shape index (κ3) is 1.81. The summed E-state index contributed by atoms with van der Waals surface area (Å²) in [7, 11) is 0. The lowest BCUT2D eigenvalue weighted by atomic mass is 9.97. The first-order valence-electron chi connectivity index (χ1n) is 5.17. The van der Waals surface area contributed by atoms with Crippen LogP contribution in [-0.2, 0) is 4.74 Å². The summed E-state index contributed by atoms with van der Waals surface area (Å²) in [5.74, 6) is 0. The molecule has 1 aliphatic heterocycles. The van der Waals surface area contributed by atoms with Crippen LogP contribution in [0.15, 0.2) is 18.2 Å². The molecular formula is C12H17NO. The van der Waals surface area contributed by atoms with E-state index in [1.807, 2.05) is 0 Å². The molecule has 0 amide bonds. The highest BCUT2D eigenvalue weighted by Crippen LogP contribution is 2.25. The summed E-state index contributed by atoms with van der Waals surface area (Å²) in [5.41, 5.74) is 4.03. The standard InChI is InChI=1S/C12H17NO/c1-9-4-3-5-10(2)12(9)11-8-13-6-7-14-11/h3-5,11,13H,6-8H2,1-2H3. The van der Waals surface area contributed by atoms with Crippen LogP contribution in [0.25, 0.3) is 0 Å². The van der Waals surface area contributed by atoms with Crippen molar-refractivity contribution >= 4 is 0 Å². The van der Waals surface area contributed by atoms with Crippen LogP contribution >= 0.6 is 0 Å². The maximum Gasteiger partial charge on any atom is 0.0954 e. The second-order valence-electron chi connectivity index (χ2n) is 3.87. The van der Waals surface area contributed by atoms with Gasteiger partial charge in [0.25, 0.3) is 0 Å². The molecule has 2 heteroatoms. The van der Waals surface area contributed by atoms with Crippen molar-refractivity contribution in [3.05, 3.63) is 34.9 Å². The topological polar surface area (TPSA) is 21.3 Å². The highest BCUT2D eigenvalue weighted by molar-refractivity contribution is 5.35. The van der Waals surface area contributed by atoms with Gasteiger partial charge in [-0.3, -0.25) is 0 Å².